The first kappa shape index (κ1) is 13.5. The maximum Gasteiger partial charge on any atom is 0.422 e. The molecule has 100 valence electrons. The van der Waals surface area contributed by atoms with Gasteiger partial charge in [-0.15, -0.1) is 0 Å². The van der Waals surface area contributed by atoms with Gasteiger partial charge in [-0.25, -0.2) is 0 Å². The van der Waals surface area contributed by atoms with E-state index in [-0.39, 0.29) is 10.8 Å². The highest BCUT2D eigenvalue weighted by molar-refractivity contribution is 6.32. The zero-order valence-electron chi connectivity index (χ0n) is 9.56. The summed E-state index contributed by atoms with van der Waals surface area (Å²) in [7, 11) is 0. The lowest BCUT2D eigenvalue weighted by Gasteiger charge is -2.14. The molecule has 6 heteroatoms. The third-order valence-corrected chi connectivity index (χ3v) is 2.88. The molecular weight excluding hydrogens is 267 g/mol. The highest BCUT2D eigenvalue weighted by atomic mass is 35.5. The molecule has 1 N–H and O–H groups in total. The molecule has 0 aliphatic heterocycles. The number of hydrogen-bond donors (Lipinski definition) is 1. The predicted molar refractivity (Wildman–Crippen MR) is 62.9 cm³/mol. The Morgan fingerprint density at radius 1 is 1.33 bits per heavy atom. The molecule has 1 saturated carbocycles. The Morgan fingerprint density at radius 2 is 2.06 bits per heavy atom. The number of nitrogens with one attached hydrogen (secondary N) is 1. The molecule has 0 aromatic heterocycles. The summed E-state index contributed by atoms with van der Waals surface area (Å²) < 4.78 is 41.2. The van der Waals surface area contributed by atoms with Crippen molar-refractivity contribution in [3.63, 3.8) is 0 Å². The van der Waals surface area contributed by atoms with Gasteiger partial charge in [-0.05, 0) is 18.9 Å². The number of ether oxygens (including phenoxy) is 1. The zero-order chi connectivity index (χ0) is 13.2. The van der Waals surface area contributed by atoms with E-state index in [9.17, 15) is 13.2 Å². The van der Waals surface area contributed by atoms with E-state index in [1.165, 1.54) is 6.07 Å². The minimum absolute atomic E-state index is 0.115. The fourth-order valence-electron chi connectivity index (χ4n) is 1.55. The van der Waals surface area contributed by atoms with Gasteiger partial charge in [-0.3, -0.25) is 0 Å². The molecule has 1 fully saturated rings. The van der Waals surface area contributed by atoms with Crippen LogP contribution in [-0.2, 0) is 6.54 Å². The van der Waals surface area contributed by atoms with E-state index in [0.717, 1.165) is 12.8 Å². The topological polar surface area (TPSA) is 21.3 Å². The predicted octanol–water partition coefficient (Wildman–Crippen LogP) is 3.53. The summed E-state index contributed by atoms with van der Waals surface area (Å²) in [6.07, 6.45) is -2.14. The third-order valence-electron chi connectivity index (χ3n) is 2.59. The molecule has 0 spiro atoms. The average Bonchev–Trinajstić information content (AvgIpc) is 3.07. The Hall–Kier alpha value is -0.940. The molecule has 0 bridgehead atoms. The molecule has 0 unspecified atom stereocenters. The number of benzene rings is 1. The van der Waals surface area contributed by atoms with Crippen LogP contribution in [-0.4, -0.2) is 18.8 Å². The van der Waals surface area contributed by atoms with E-state index < -0.39 is 12.8 Å². The van der Waals surface area contributed by atoms with Gasteiger partial charge in [0, 0.05) is 18.2 Å². The Labute approximate surface area is 108 Å². The highest BCUT2D eigenvalue weighted by Gasteiger charge is 2.29. The van der Waals surface area contributed by atoms with Crippen LogP contribution >= 0.6 is 11.6 Å². The first-order valence-electron chi connectivity index (χ1n) is 5.66. The van der Waals surface area contributed by atoms with Crippen molar-refractivity contribution >= 4 is 11.6 Å². The molecule has 1 aliphatic rings. The Bertz CT molecular complexity index is 418. The van der Waals surface area contributed by atoms with Crippen molar-refractivity contribution in [3.8, 4) is 5.75 Å². The molecular formula is C12H13ClF3NO. The van der Waals surface area contributed by atoms with E-state index in [1.807, 2.05) is 0 Å². The van der Waals surface area contributed by atoms with Crippen molar-refractivity contribution in [2.75, 3.05) is 6.61 Å². The summed E-state index contributed by atoms with van der Waals surface area (Å²) in [5.74, 6) is 0.115. The molecule has 2 rings (SSSR count). The van der Waals surface area contributed by atoms with Crippen molar-refractivity contribution in [2.24, 2.45) is 0 Å². The minimum Gasteiger partial charge on any atom is -0.482 e. The van der Waals surface area contributed by atoms with Gasteiger partial charge in [-0.2, -0.15) is 13.2 Å². The summed E-state index contributed by atoms with van der Waals surface area (Å²) >= 11 is 5.87. The number of hydrogen-bond acceptors (Lipinski definition) is 2. The second-order valence-electron chi connectivity index (χ2n) is 4.29. The van der Waals surface area contributed by atoms with E-state index in [0.29, 0.717) is 18.2 Å². The Kier molecular flexibility index (Phi) is 4.02. The van der Waals surface area contributed by atoms with Gasteiger partial charge in [0.05, 0.1) is 5.02 Å². The van der Waals surface area contributed by atoms with Gasteiger partial charge in [-0.1, -0.05) is 23.7 Å². The molecule has 0 saturated heterocycles. The van der Waals surface area contributed by atoms with Crippen LogP contribution in [0.15, 0.2) is 18.2 Å². The van der Waals surface area contributed by atoms with Crippen LogP contribution in [0, 0.1) is 0 Å². The van der Waals surface area contributed by atoms with E-state index in [1.54, 1.807) is 12.1 Å². The highest BCUT2D eigenvalue weighted by Crippen LogP contribution is 2.31. The SMILES string of the molecule is FC(F)(F)COc1c(Cl)cccc1CNC1CC1. The van der Waals surface area contributed by atoms with Gasteiger partial charge in [0.15, 0.2) is 6.61 Å². The lowest BCUT2D eigenvalue weighted by Crippen LogP contribution is -2.21. The summed E-state index contributed by atoms with van der Waals surface area (Å²) in [5.41, 5.74) is 0.652. The third kappa shape index (κ3) is 4.07. The maximum absolute atomic E-state index is 12.1. The van der Waals surface area contributed by atoms with Crippen LogP contribution in [0.1, 0.15) is 18.4 Å². The number of rotatable bonds is 5. The Morgan fingerprint density at radius 3 is 2.67 bits per heavy atom. The molecule has 18 heavy (non-hydrogen) atoms. The zero-order valence-corrected chi connectivity index (χ0v) is 10.3. The van der Waals surface area contributed by atoms with Crippen molar-refractivity contribution < 1.29 is 17.9 Å². The van der Waals surface area contributed by atoms with Crippen molar-refractivity contribution in [1.82, 2.24) is 5.32 Å². The van der Waals surface area contributed by atoms with Crippen LogP contribution in [0.3, 0.4) is 0 Å². The molecule has 2 nitrogen and oxygen atoms in total. The first-order chi connectivity index (χ1) is 8.46. The maximum atomic E-state index is 12.1. The van der Waals surface area contributed by atoms with Crippen molar-refractivity contribution in [2.45, 2.75) is 31.6 Å². The monoisotopic (exact) mass is 279 g/mol. The fraction of sp³-hybridized carbons (Fsp3) is 0.500. The average molecular weight is 280 g/mol. The summed E-state index contributed by atoms with van der Waals surface area (Å²) in [4.78, 5) is 0. The van der Waals surface area contributed by atoms with Crippen LogP contribution in [0.5, 0.6) is 5.75 Å². The van der Waals surface area contributed by atoms with Crippen LogP contribution in [0.4, 0.5) is 13.2 Å². The minimum atomic E-state index is -4.36. The van der Waals surface area contributed by atoms with E-state index in [2.05, 4.69) is 5.32 Å². The molecule has 0 amide bonds. The normalized spacial score (nSPS) is 15.8. The smallest absolute Gasteiger partial charge is 0.422 e. The summed E-state index contributed by atoms with van der Waals surface area (Å²) in [6.45, 7) is -0.856. The van der Waals surface area contributed by atoms with Crippen LogP contribution in [0.2, 0.25) is 5.02 Å². The second-order valence-corrected chi connectivity index (χ2v) is 4.69. The standard InChI is InChI=1S/C12H13ClF3NO/c13-10-3-1-2-8(6-17-9-4-5-9)11(10)18-7-12(14,15)16/h1-3,9,17H,4-7H2. The molecule has 0 radical (unpaired) electrons. The lowest BCUT2D eigenvalue weighted by molar-refractivity contribution is -0.153. The number of halogens is 4. The molecule has 1 aliphatic carbocycles. The van der Waals surface area contributed by atoms with Gasteiger partial charge < -0.3 is 10.1 Å². The first-order valence-corrected chi connectivity index (χ1v) is 6.04. The van der Waals surface area contributed by atoms with Crippen molar-refractivity contribution in [3.05, 3.63) is 28.8 Å². The molecule has 1 aromatic rings. The summed E-state index contributed by atoms with van der Waals surface area (Å²) in [6, 6.07) is 5.41. The second kappa shape index (κ2) is 5.36. The van der Waals surface area contributed by atoms with Crippen LogP contribution in [0.25, 0.3) is 0 Å². The number of alkyl halides is 3. The van der Waals surface area contributed by atoms with Gasteiger partial charge in [0.2, 0.25) is 0 Å². The van der Waals surface area contributed by atoms with Gasteiger partial charge in [0.1, 0.15) is 5.75 Å². The van der Waals surface area contributed by atoms with Gasteiger partial charge in [0.25, 0.3) is 0 Å². The lowest BCUT2D eigenvalue weighted by atomic mass is 10.2. The molecule has 0 atom stereocenters. The Balaban J connectivity index is 2.04. The molecule has 0 heterocycles. The van der Waals surface area contributed by atoms with Gasteiger partial charge >= 0.3 is 6.18 Å². The largest absolute Gasteiger partial charge is 0.482 e. The van der Waals surface area contributed by atoms with E-state index >= 15 is 0 Å². The number of para-hydroxylation sites is 1. The fourth-order valence-corrected chi connectivity index (χ4v) is 1.80. The van der Waals surface area contributed by atoms with Crippen LogP contribution < -0.4 is 10.1 Å². The van der Waals surface area contributed by atoms with Crippen molar-refractivity contribution in [1.29, 1.82) is 0 Å². The van der Waals surface area contributed by atoms with E-state index in [4.69, 9.17) is 16.3 Å². The molecule has 1 aromatic carbocycles. The quantitative estimate of drug-likeness (QED) is 0.890. The summed E-state index contributed by atoms with van der Waals surface area (Å²) in [5, 5.41) is 3.42.